The molecule has 2 aromatic rings. The van der Waals surface area contributed by atoms with Crippen molar-refractivity contribution in [3.8, 4) is 5.88 Å². The average Bonchev–Trinajstić information content (AvgIpc) is 2.59. The molecule has 0 radical (unpaired) electrons. The third-order valence-electron chi connectivity index (χ3n) is 3.88. The Morgan fingerprint density at radius 1 is 1.43 bits per heavy atom. The number of carbonyl (C=O) groups is 1. The molecule has 3 rings (SSSR count). The molecule has 1 aromatic heterocycles. The van der Waals surface area contributed by atoms with Crippen LogP contribution in [-0.2, 0) is 13.0 Å². The predicted octanol–water partition coefficient (Wildman–Crippen LogP) is 2.89. The monoisotopic (exact) mass is 315 g/mol. The second kappa shape index (κ2) is 6.64. The van der Waals surface area contributed by atoms with Crippen molar-refractivity contribution < 1.29 is 13.9 Å². The first-order valence-corrected chi connectivity index (χ1v) is 7.50. The SMILES string of the molecule is COc1ncccc1CNC(=O)N1CCCc2cc(F)ccc21. The lowest BCUT2D eigenvalue weighted by molar-refractivity contribution is 0.245. The van der Waals surface area contributed by atoms with E-state index < -0.39 is 0 Å². The van der Waals surface area contributed by atoms with Crippen LogP contribution in [0, 0.1) is 5.82 Å². The lowest BCUT2D eigenvalue weighted by Gasteiger charge is -2.29. The number of fused-ring (bicyclic) bond motifs is 1. The van der Waals surface area contributed by atoms with Gasteiger partial charge in [0.1, 0.15) is 5.82 Å². The molecule has 1 aliphatic rings. The van der Waals surface area contributed by atoms with Gasteiger partial charge in [-0.05, 0) is 42.7 Å². The second-order valence-electron chi connectivity index (χ2n) is 5.36. The summed E-state index contributed by atoms with van der Waals surface area (Å²) in [6.07, 6.45) is 3.24. The van der Waals surface area contributed by atoms with Gasteiger partial charge in [-0.2, -0.15) is 0 Å². The Morgan fingerprint density at radius 3 is 3.13 bits per heavy atom. The summed E-state index contributed by atoms with van der Waals surface area (Å²) in [5.74, 6) is 0.222. The van der Waals surface area contributed by atoms with Crippen LogP contribution in [0.1, 0.15) is 17.5 Å². The molecule has 0 atom stereocenters. The Kier molecular flexibility index (Phi) is 4.41. The third-order valence-corrected chi connectivity index (χ3v) is 3.88. The van der Waals surface area contributed by atoms with E-state index in [4.69, 9.17) is 4.74 Å². The zero-order valence-electron chi connectivity index (χ0n) is 12.9. The van der Waals surface area contributed by atoms with E-state index in [9.17, 15) is 9.18 Å². The Bertz CT molecular complexity index is 721. The number of anilines is 1. The van der Waals surface area contributed by atoms with Crippen molar-refractivity contribution >= 4 is 11.7 Å². The number of benzene rings is 1. The lowest BCUT2D eigenvalue weighted by atomic mass is 10.0. The summed E-state index contributed by atoms with van der Waals surface area (Å²) < 4.78 is 18.5. The highest BCUT2D eigenvalue weighted by molar-refractivity contribution is 5.93. The number of rotatable bonds is 3. The largest absolute Gasteiger partial charge is 0.481 e. The van der Waals surface area contributed by atoms with E-state index >= 15 is 0 Å². The maximum absolute atomic E-state index is 13.3. The number of nitrogens with zero attached hydrogens (tertiary/aromatic N) is 2. The maximum atomic E-state index is 13.3. The topological polar surface area (TPSA) is 54.5 Å². The number of urea groups is 1. The molecular formula is C17H18FN3O2. The van der Waals surface area contributed by atoms with Crippen LogP contribution in [0.25, 0.3) is 0 Å². The highest BCUT2D eigenvalue weighted by atomic mass is 19.1. The highest BCUT2D eigenvalue weighted by Gasteiger charge is 2.22. The molecule has 0 saturated heterocycles. The van der Waals surface area contributed by atoms with Gasteiger partial charge in [0.05, 0.1) is 7.11 Å². The molecule has 120 valence electrons. The van der Waals surface area contributed by atoms with E-state index in [1.165, 1.54) is 12.1 Å². The van der Waals surface area contributed by atoms with Crippen molar-refractivity contribution in [1.29, 1.82) is 0 Å². The van der Waals surface area contributed by atoms with Crippen LogP contribution in [0.3, 0.4) is 0 Å². The molecule has 23 heavy (non-hydrogen) atoms. The molecule has 0 aliphatic carbocycles. The number of hydrogen-bond donors (Lipinski definition) is 1. The molecule has 0 unspecified atom stereocenters. The Balaban J connectivity index is 1.72. The first kappa shape index (κ1) is 15.3. The van der Waals surface area contributed by atoms with E-state index in [0.29, 0.717) is 19.0 Å². The van der Waals surface area contributed by atoms with Gasteiger partial charge in [-0.3, -0.25) is 4.90 Å². The molecule has 0 bridgehead atoms. The number of nitrogens with one attached hydrogen (secondary N) is 1. The molecule has 0 saturated carbocycles. The Hall–Kier alpha value is -2.63. The molecule has 2 amide bonds. The summed E-state index contributed by atoms with van der Waals surface area (Å²) in [4.78, 5) is 18.2. The number of hydrogen-bond acceptors (Lipinski definition) is 3. The van der Waals surface area contributed by atoms with Crippen LogP contribution in [0.2, 0.25) is 0 Å². The molecule has 0 fully saturated rings. The number of amides is 2. The molecule has 1 aromatic carbocycles. The summed E-state index contributed by atoms with van der Waals surface area (Å²) in [5, 5.41) is 2.87. The van der Waals surface area contributed by atoms with Crippen LogP contribution >= 0.6 is 0 Å². The highest BCUT2D eigenvalue weighted by Crippen LogP contribution is 2.27. The number of methoxy groups -OCH3 is 1. The summed E-state index contributed by atoms with van der Waals surface area (Å²) >= 11 is 0. The molecule has 6 heteroatoms. The maximum Gasteiger partial charge on any atom is 0.322 e. The fourth-order valence-electron chi connectivity index (χ4n) is 2.79. The molecule has 1 N–H and O–H groups in total. The van der Waals surface area contributed by atoms with Gasteiger partial charge in [0, 0.05) is 30.5 Å². The van der Waals surface area contributed by atoms with Gasteiger partial charge in [0.15, 0.2) is 0 Å². The summed E-state index contributed by atoms with van der Waals surface area (Å²) in [6, 6.07) is 7.99. The number of aromatic nitrogens is 1. The van der Waals surface area contributed by atoms with Crippen molar-refractivity contribution in [1.82, 2.24) is 10.3 Å². The van der Waals surface area contributed by atoms with Crippen molar-refractivity contribution in [3.63, 3.8) is 0 Å². The fourth-order valence-corrected chi connectivity index (χ4v) is 2.79. The molecule has 2 heterocycles. The average molecular weight is 315 g/mol. The van der Waals surface area contributed by atoms with Crippen LogP contribution in [0.5, 0.6) is 5.88 Å². The van der Waals surface area contributed by atoms with E-state index in [0.717, 1.165) is 29.7 Å². The minimum atomic E-state index is -0.272. The first-order valence-electron chi connectivity index (χ1n) is 7.50. The van der Waals surface area contributed by atoms with E-state index in [1.54, 1.807) is 30.3 Å². The fraction of sp³-hybridized carbons (Fsp3) is 0.294. The molecular weight excluding hydrogens is 297 g/mol. The molecule has 5 nitrogen and oxygen atoms in total. The van der Waals surface area contributed by atoms with Gasteiger partial charge < -0.3 is 10.1 Å². The van der Waals surface area contributed by atoms with Crippen LogP contribution in [-0.4, -0.2) is 24.7 Å². The van der Waals surface area contributed by atoms with E-state index in [-0.39, 0.29) is 11.8 Å². The summed E-state index contributed by atoms with van der Waals surface area (Å²) in [5.41, 5.74) is 2.44. The van der Waals surface area contributed by atoms with Crippen molar-refractivity contribution in [3.05, 3.63) is 53.5 Å². The van der Waals surface area contributed by atoms with Gasteiger partial charge in [0.2, 0.25) is 5.88 Å². The Labute approximate surface area is 134 Å². The van der Waals surface area contributed by atoms with Gasteiger partial charge in [-0.25, -0.2) is 14.2 Å². The van der Waals surface area contributed by atoms with Crippen LogP contribution < -0.4 is 15.0 Å². The Morgan fingerprint density at radius 2 is 2.30 bits per heavy atom. The zero-order chi connectivity index (χ0) is 16.2. The second-order valence-corrected chi connectivity index (χ2v) is 5.36. The zero-order valence-corrected chi connectivity index (χ0v) is 12.9. The number of carbonyl (C=O) groups excluding carboxylic acids is 1. The van der Waals surface area contributed by atoms with Crippen molar-refractivity contribution in [2.75, 3.05) is 18.6 Å². The molecule has 1 aliphatic heterocycles. The number of aryl methyl sites for hydroxylation is 1. The predicted molar refractivity (Wildman–Crippen MR) is 85.1 cm³/mol. The number of pyridine rings is 1. The van der Waals surface area contributed by atoms with Gasteiger partial charge in [-0.15, -0.1) is 0 Å². The van der Waals surface area contributed by atoms with E-state index in [1.807, 2.05) is 6.07 Å². The van der Waals surface area contributed by atoms with Crippen molar-refractivity contribution in [2.24, 2.45) is 0 Å². The standard InChI is InChI=1S/C17H18FN3O2/c1-23-16-13(4-2-8-19-16)11-20-17(22)21-9-3-5-12-10-14(18)6-7-15(12)21/h2,4,6-8,10H,3,5,9,11H2,1H3,(H,20,22). The quantitative estimate of drug-likeness (QED) is 0.947. The van der Waals surface area contributed by atoms with Gasteiger partial charge >= 0.3 is 6.03 Å². The van der Waals surface area contributed by atoms with E-state index in [2.05, 4.69) is 10.3 Å². The minimum absolute atomic E-state index is 0.205. The minimum Gasteiger partial charge on any atom is -0.481 e. The summed E-state index contributed by atoms with van der Waals surface area (Å²) in [6.45, 7) is 0.942. The van der Waals surface area contributed by atoms with Gasteiger partial charge in [0.25, 0.3) is 0 Å². The normalized spacial score (nSPS) is 13.4. The number of halogens is 1. The lowest BCUT2D eigenvalue weighted by Crippen LogP contribution is -2.42. The smallest absolute Gasteiger partial charge is 0.322 e. The van der Waals surface area contributed by atoms with Crippen LogP contribution in [0.15, 0.2) is 36.5 Å². The number of ether oxygens (including phenoxy) is 1. The van der Waals surface area contributed by atoms with Gasteiger partial charge in [-0.1, -0.05) is 6.07 Å². The van der Waals surface area contributed by atoms with Crippen molar-refractivity contribution in [2.45, 2.75) is 19.4 Å². The molecule has 0 spiro atoms. The first-order chi connectivity index (χ1) is 11.2. The summed E-state index contributed by atoms with van der Waals surface area (Å²) in [7, 11) is 1.54. The van der Waals surface area contributed by atoms with Crippen LogP contribution in [0.4, 0.5) is 14.9 Å². The third kappa shape index (κ3) is 3.26.